The molecular weight excluding hydrogens is 464 g/mol. The fraction of sp³-hybridized carbons (Fsp3) is 0.250. The van der Waals surface area contributed by atoms with Gasteiger partial charge in [-0.2, -0.15) is 5.26 Å². The Hall–Kier alpha value is -3.66. The molecule has 0 spiro atoms. The minimum atomic E-state index is -0.758. The molecular formula is C28H23ClN2O4. The highest BCUT2D eigenvalue weighted by atomic mass is 35.5. The first kappa shape index (κ1) is 21.8. The van der Waals surface area contributed by atoms with Crippen LogP contribution in [0, 0.1) is 11.3 Å². The largest absolute Gasteiger partial charge is 0.494 e. The molecule has 3 aromatic carbocycles. The summed E-state index contributed by atoms with van der Waals surface area (Å²) in [5.41, 5.74) is 0.933. The number of hydrogen-bond acceptors (Lipinski definition) is 5. The number of aromatic nitrogens is 1. The van der Waals surface area contributed by atoms with E-state index in [4.69, 9.17) is 21.1 Å². The standard InChI is InChI=1S/C28H23ClN2O4/c1-27-12-13-28(35-27,14-15-34-19-9-7-18(29)8-10-19)24-23(27)25(32)31(26(24)33)22-11-6-17(16-30)20-4-2-3-5-21(20)22/h2-11,32-33H,12-15H2,1H3/t27-,28-/m1/s1. The average Bonchev–Trinajstić information content (AvgIpc) is 3.44. The topological polar surface area (TPSA) is 87.6 Å². The van der Waals surface area contributed by atoms with Crippen LogP contribution in [0.1, 0.15) is 42.9 Å². The van der Waals surface area contributed by atoms with Gasteiger partial charge in [0.15, 0.2) is 0 Å². The predicted molar refractivity (Wildman–Crippen MR) is 132 cm³/mol. The number of hydrogen-bond donors (Lipinski definition) is 2. The molecule has 1 saturated heterocycles. The van der Waals surface area contributed by atoms with Crippen LogP contribution in [0.25, 0.3) is 16.5 Å². The van der Waals surface area contributed by atoms with Crippen LogP contribution < -0.4 is 4.74 Å². The normalized spacial score (nSPS) is 22.3. The fourth-order valence-corrected chi connectivity index (χ4v) is 5.90. The van der Waals surface area contributed by atoms with E-state index in [1.165, 1.54) is 4.57 Å². The van der Waals surface area contributed by atoms with Gasteiger partial charge in [-0.25, -0.2) is 0 Å². The molecule has 0 radical (unpaired) electrons. The number of ether oxygens (including phenoxy) is 2. The van der Waals surface area contributed by atoms with Crippen LogP contribution in [0.5, 0.6) is 17.5 Å². The number of nitrogens with zero attached hydrogens (tertiary/aromatic N) is 2. The summed E-state index contributed by atoms with van der Waals surface area (Å²) in [6.45, 7) is 2.34. The van der Waals surface area contributed by atoms with Crippen molar-refractivity contribution in [2.45, 2.75) is 37.4 Å². The smallest absolute Gasteiger partial charge is 0.205 e. The maximum Gasteiger partial charge on any atom is 0.205 e. The summed E-state index contributed by atoms with van der Waals surface area (Å²) < 4.78 is 13.9. The van der Waals surface area contributed by atoms with E-state index >= 15 is 0 Å². The van der Waals surface area contributed by atoms with E-state index < -0.39 is 11.2 Å². The highest BCUT2D eigenvalue weighted by Crippen LogP contribution is 2.65. The zero-order valence-electron chi connectivity index (χ0n) is 19.1. The molecule has 2 N–H and O–H groups in total. The van der Waals surface area contributed by atoms with Gasteiger partial charge in [-0.15, -0.1) is 0 Å². The van der Waals surface area contributed by atoms with Crippen LogP contribution in [-0.2, 0) is 15.9 Å². The van der Waals surface area contributed by atoms with Crippen molar-refractivity contribution in [1.29, 1.82) is 5.26 Å². The second kappa shape index (κ2) is 7.67. The summed E-state index contributed by atoms with van der Waals surface area (Å²) in [5, 5.41) is 34.6. The van der Waals surface area contributed by atoms with Crippen molar-refractivity contribution < 1.29 is 19.7 Å². The molecule has 7 heteroatoms. The molecule has 35 heavy (non-hydrogen) atoms. The quantitative estimate of drug-likeness (QED) is 0.347. The monoisotopic (exact) mass is 486 g/mol. The lowest BCUT2D eigenvalue weighted by atomic mass is 9.78. The highest BCUT2D eigenvalue weighted by Gasteiger charge is 2.61. The molecule has 176 valence electrons. The minimum absolute atomic E-state index is 0.0324. The zero-order chi connectivity index (χ0) is 24.4. The third-order valence-electron chi connectivity index (χ3n) is 7.38. The summed E-state index contributed by atoms with van der Waals surface area (Å²) in [6, 6.07) is 20.4. The van der Waals surface area contributed by atoms with Gasteiger partial charge in [-0.05, 0) is 56.2 Å². The first-order chi connectivity index (χ1) is 16.9. The van der Waals surface area contributed by atoms with Gasteiger partial charge >= 0.3 is 0 Å². The zero-order valence-corrected chi connectivity index (χ0v) is 19.8. The second-order valence-electron chi connectivity index (χ2n) is 9.40. The summed E-state index contributed by atoms with van der Waals surface area (Å²) >= 11 is 5.96. The van der Waals surface area contributed by atoms with E-state index in [0.717, 1.165) is 17.2 Å². The van der Waals surface area contributed by atoms with E-state index in [-0.39, 0.29) is 11.8 Å². The van der Waals surface area contributed by atoms with Crippen molar-refractivity contribution in [3.05, 3.63) is 82.4 Å². The number of rotatable bonds is 5. The van der Waals surface area contributed by atoms with Crippen molar-refractivity contribution in [3.8, 4) is 29.3 Å². The van der Waals surface area contributed by atoms with Crippen molar-refractivity contribution in [2.24, 2.45) is 0 Å². The molecule has 6 rings (SSSR count). The molecule has 4 aromatic rings. The van der Waals surface area contributed by atoms with Gasteiger partial charge in [0.1, 0.15) is 11.4 Å². The molecule has 1 aromatic heterocycles. The number of aromatic hydroxyl groups is 2. The van der Waals surface area contributed by atoms with Gasteiger partial charge in [0.2, 0.25) is 11.8 Å². The van der Waals surface area contributed by atoms with Crippen molar-refractivity contribution >= 4 is 22.4 Å². The van der Waals surface area contributed by atoms with Crippen molar-refractivity contribution in [1.82, 2.24) is 4.57 Å². The molecule has 0 aliphatic carbocycles. The third-order valence-corrected chi connectivity index (χ3v) is 7.63. The Balaban J connectivity index is 1.43. The minimum Gasteiger partial charge on any atom is -0.494 e. The molecule has 3 heterocycles. The van der Waals surface area contributed by atoms with E-state index in [1.807, 2.05) is 43.3 Å². The number of halogens is 1. The Kier molecular flexibility index (Phi) is 4.79. The van der Waals surface area contributed by atoms with Crippen molar-refractivity contribution in [2.75, 3.05) is 6.61 Å². The summed E-state index contributed by atoms with van der Waals surface area (Å²) in [5.74, 6) is 0.635. The van der Waals surface area contributed by atoms with Gasteiger partial charge in [-0.3, -0.25) is 4.57 Å². The number of nitriles is 1. The summed E-state index contributed by atoms with van der Waals surface area (Å²) in [4.78, 5) is 0. The van der Waals surface area contributed by atoms with Crippen molar-refractivity contribution in [3.63, 3.8) is 0 Å². The van der Waals surface area contributed by atoms with E-state index in [0.29, 0.717) is 52.6 Å². The van der Waals surface area contributed by atoms with Gasteiger partial charge in [-0.1, -0.05) is 35.9 Å². The summed E-state index contributed by atoms with van der Waals surface area (Å²) in [7, 11) is 0. The molecule has 2 atom stereocenters. The lowest BCUT2D eigenvalue weighted by molar-refractivity contribution is -0.0876. The lowest BCUT2D eigenvalue weighted by Gasteiger charge is -2.26. The first-order valence-corrected chi connectivity index (χ1v) is 11.9. The molecule has 0 amide bonds. The Morgan fingerprint density at radius 2 is 1.71 bits per heavy atom. The van der Waals surface area contributed by atoms with Crippen LogP contribution in [0.4, 0.5) is 0 Å². The van der Waals surface area contributed by atoms with Gasteiger partial charge in [0.25, 0.3) is 0 Å². The predicted octanol–water partition coefficient (Wildman–Crippen LogP) is 6.27. The Bertz CT molecular complexity index is 1520. The van der Waals surface area contributed by atoms with E-state index in [9.17, 15) is 15.5 Å². The molecule has 0 saturated carbocycles. The van der Waals surface area contributed by atoms with Crippen LogP contribution >= 0.6 is 11.6 Å². The fourth-order valence-electron chi connectivity index (χ4n) is 5.78. The lowest BCUT2D eigenvalue weighted by Crippen LogP contribution is -2.25. The van der Waals surface area contributed by atoms with Gasteiger partial charge in [0.05, 0.1) is 40.7 Å². The van der Waals surface area contributed by atoms with Crippen LogP contribution in [0.2, 0.25) is 5.02 Å². The Labute approximate surface area is 207 Å². The average molecular weight is 487 g/mol. The molecule has 2 bridgehead atoms. The molecule has 1 fully saturated rings. The summed E-state index contributed by atoms with van der Waals surface area (Å²) in [6.07, 6.45) is 1.96. The highest BCUT2D eigenvalue weighted by molar-refractivity contribution is 6.30. The van der Waals surface area contributed by atoms with Gasteiger partial charge < -0.3 is 19.7 Å². The molecule has 0 unspecified atom stereocenters. The molecule has 2 aliphatic rings. The van der Waals surface area contributed by atoms with Crippen LogP contribution in [-0.4, -0.2) is 21.4 Å². The number of benzene rings is 3. The van der Waals surface area contributed by atoms with Crippen LogP contribution in [0.15, 0.2) is 60.7 Å². The second-order valence-corrected chi connectivity index (χ2v) is 9.84. The maximum absolute atomic E-state index is 11.5. The SMILES string of the molecule is C[C@]12CC[C@](CCOc3ccc(Cl)cc3)(O1)c1c2c(O)n(-c2ccc(C#N)c3ccccc23)c1O. The van der Waals surface area contributed by atoms with Crippen LogP contribution in [0.3, 0.4) is 0 Å². The Morgan fingerprint density at radius 1 is 1.00 bits per heavy atom. The Morgan fingerprint density at radius 3 is 2.46 bits per heavy atom. The molecule has 2 aliphatic heterocycles. The maximum atomic E-state index is 11.5. The van der Waals surface area contributed by atoms with E-state index in [1.54, 1.807) is 24.3 Å². The first-order valence-electron chi connectivity index (χ1n) is 11.6. The van der Waals surface area contributed by atoms with E-state index in [2.05, 4.69) is 6.07 Å². The third kappa shape index (κ3) is 3.12. The number of fused-ring (bicyclic) bond motifs is 6. The molecule has 6 nitrogen and oxygen atoms in total. The van der Waals surface area contributed by atoms with Gasteiger partial charge in [0, 0.05) is 22.2 Å².